The van der Waals surface area contributed by atoms with Crippen molar-refractivity contribution in [2.45, 2.75) is 26.3 Å². The highest BCUT2D eigenvalue weighted by atomic mass is 16.4. The summed E-state index contributed by atoms with van der Waals surface area (Å²) < 4.78 is 0. The second kappa shape index (κ2) is 5.55. The van der Waals surface area contributed by atoms with E-state index in [1.807, 2.05) is 19.9 Å². The van der Waals surface area contributed by atoms with Crippen LogP contribution in [0, 0.1) is 17.2 Å². The average Bonchev–Trinajstić information content (AvgIpc) is 1.99. The highest BCUT2D eigenvalue weighted by Crippen LogP contribution is 2.09. The van der Waals surface area contributed by atoms with Gasteiger partial charge in [0.25, 0.3) is 0 Å². The second-order valence-electron chi connectivity index (χ2n) is 3.42. The molecule has 0 bridgehead atoms. The highest BCUT2D eigenvalue weighted by molar-refractivity contribution is 5.73. The molecule has 4 heteroatoms. The van der Waals surface area contributed by atoms with Crippen LogP contribution in [-0.4, -0.2) is 35.6 Å². The first-order valence-corrected chi connectivity index (χ1v) is 4.30. The Labute approximate surface area is 78.8 Å². The molecule has 4 nitrogen and oxygen atoms in total. The molecule has 0 aliphatic carbocycles. The van der Waals surface area contributed by atoms with Gasteiger partial charge in [0.2, 0.25) is 0 Å². The minimum absolute atomic E-state index is 0.0567. The number of rotatable bonds is 5. The quantitative estimate of drug-likeness (QED) is 0.690. The van der Waals surface area contributed by atoms with E-state index in [0.29, 0.717) is 13.0 Å². The van der Waals surface area contributed by atoms with Crippen molar-refractivity contribution in [3.63, 3.8) is 0 Å². The van der Waals surface area contributed by atoms with E-state index in [1.165, 1.54) is 0 Å². The molecule has 0 radical (unpaired) electrons. The van der Waals surface area contributed by atoms with Crippen LogP contribution < -0.4 is 0 Å². The number of carboxylic acids is 1. The summed E-state index contributed by atoms with van der Waals surface area (Å²) in [5, 5.41) is 17.2. The third-order valence-electron chi connectivity index (χ3n) is 1.94. The van der Waals surface area contributed by atoms with Gasteiger partial charge in [-0.2, -0.15) is 5.26 Å². The lowest BCUT2D eigenvalue weighted by atomic mass is 10.0. The van der Waals surface area contributed by atoms with E-state index in [9.17, 15) is 4.79 Å². The third-order valence-corrected chi connectivity index (χ3v) is 1.94. The van der Waals surface area contributed by atoms with Crippen LogP contribution in [0.15, 0.2) is 0 Å². The Hall–Kier alpha value is -1.08. The van der Waals surface area contributed by atoms with Gasteiger partial charge in [-0.15, -0.1) is 0 Å². The van der Waals surface area contributed by atoms with Crippen LogP contribution in [0.2, 0.25) is 0 Å². The van der Waals surface area contributed by atoms with Gasteiger partial charge in [0.15, 0.2) is 0 Å². The molecule has 0 rings (SSSR count). The molecular formula is C9H16N2O2. The summed E-state index contributed by atoms with van der Waals surface area (Å²) in [4.78, 5) is 12.5. The molecule has 1 unspecified atom stereocenters. The van der Waals surface area contributed by atoms with Gasteiger partial charge in [0.1, 0.15) is 6.04 Å². The van der Waals surface area contributed by atoms with E-state index in [-0.39, 0.29) is 5.92 Å². The topological polar surface area (TPSA) is 64.3 Å². The van der Waals surface area contributed by atoms with E-state index in [0.717, 1.165) is 0 Å². The molecule has 0 aromatic rings. The number of nitrogens with zero attached hydrogens (tertiary/aromatic N) is 2. The SMILES string of the molecule is CC(C)C(C(=O)O)N(C)CCC#N. The van der Waals surface area contributed by atoms with Crippen molar-refractivity contribution in [2.75, 3.05) is 13.6 Å². The largest absolute Gasteiger partial charge is 0.480 e. The van der Waals surface area contributed by atoms with E-state index in [2.05, 4.69) is 0 Å². The molecule has 0 saturated heterocycles. The smallest absolute Gasteiger partial charge is 0.321 e. The van der Waals surface area contributed by atoms with E-state index < -0.39 is 12.0 Å². The third kappa shape index (κ3) is 3.90. The van der Waals surface area contributed by atoms with E-state index in [1.54, 1.807) is 11.9 Å². The van der Waals surface area contributed by atoms with Crippen LogP contribution in [0.1, 0.15) is 20.3 Å². The van der Waals surface area contributed by atoms with Crippen molar-refractivity contribution < 1.29 is 9.90 Å². The number of aliphatic carboxylic acids is 1. The highest BCUT2D eigenvalue weighted by Gasteiger charge is 2.25. The molecule has 0 spiro atoms. The molecule has 0 aliphatic heterocycles. The molecule has 13 heavy (non-hydrogen) atoms. The normalized spacial score (nSPS) is 12.9. The lowest BCUT2D eigenvalue weighted by Crippen LogP contribution is -2.42. The van der Waals surface area contributed by atoms with Gasteiger partial charge in [-0.05, 0) is 13.0 Å². The van der Waals surface area contributed by atoms with Crippen molar-refractivity contribution >= 4 is 5.97 Å². The van der Waals surface area contributed by atoms with Crippen LogP contribution in [-0.2, 0) is 4.79 Å². The van der Waals surface area contributed by atoms with Crippen LogP contribution in [0.4, 0.5) is 0 Å². The van der Waals surface area contributed by atoms with E-state index >= 15 is 0 Å². The maximum Gasteiger partial charge on any atom is 0.321 e. The fraction of sp³-hybridized carbons (Fsp3) is 0.778. The summed E-state index contributed by atoms with van der Waals surface area (Å²) in [7, 11) is 1.73. The van der Waals surface area contributed by atoms with Gasteiger partial charge in [-0.3, -0.25) is 9.69 Å². The number of carboxylic acid groups (broad SMARTS) is 1. The molecule has 0 aliphatic rings. The first-order valence-electron chi connectivity index (χ1n) is 4.30. The van der Waals surface area contributed by atoms with Crippen molar-refractivity contribution in [2.24, 2.45) is 5.92 Å². The van der Waals surface area contributed by atoms with Crippen LogP contribution >= 0.6 is 0 Å². The summed E-state index contributed by atoms with van der Waals surface area (Å²) in [6, 6.07) is 1.50. The van der Waals surface area contributed by atoms with Gasteiger partial charge in [-0.1, -0.05) is 13.8 Å². The molecule has 0 amide bonds. The maximum absolute atomic E-state index is 10.8. The Kier molecular flexibility index (Phi) is 5.09. The van der Waals surface area contributed by atoms with Crippen molar-refractivity contribution in [3.05, 3.63) is 0 Å². The zero-order valence-electron chi connectivity index (χ0n) is 8.32. The molecule has 0 saturated carbocycles. The molecule has 1 atom stereocenters. The predicted octanol–water partition coefficient (Wildman–Crippen LogP) is 0.941. The molecule has 74 valence electrons. The van der Waals surface area contributed by atoms with Gasteiger partial charge in [0, 0.05) is 13.0 Å². The second-order valence-corrected chi connectivity index (χ2v) is 3.42. The first kappa shape index (κ1) is 11.9. The Morgan fingerprint density at radius 3 is 2.46 bits per heavy atom. The Bertz CT molecular complexity index is 208. The summed E-state index contributed by atoms with van der Waals surface area (Å²) in [5.41, 5.74) is 0. The summed E-state index contributed by atoms with van der Waals surface area (Å²) in [6.07, 6.45) is 0.368. The number of carbonyl (C=O) groups is 1. The number of likely N-dealkylation sites (N-methyl/N-ethyl adjacent to an activating group) is 1. The Morgan fingerprint density at radius 2 is 2.15 bits per heavy atom. The van der Waals surface area contributed by atoms with Crippen molar-refractivity contribution in [3.8, 4) is 6.07 Å². The van der Waals surface area contributed by atoms with Gasteiger partial charge >= 0.3 is 5.97 Å². The molecule has 0 heterocycles. The fourth-order valence-electron chi connectivity index (χ4n) is 1.35. The van der Waals surface area contributed by atoms with Crippen molar-refractivity contribution in [1.82, 2.24) is 4.90 Å². The number of hydrogen-bond acceptors (Lipinski definition) is 3. The van der Waals surface area contributed by atoms with Gasteiger partial charge in [0.05, 0.1) is 6.07 Å². The first-order chi connectivity index (χ1) is 6.00. The molecular weight excluding hydrogens is 168 g/mol. The zero-order valence-corrected chi connectivity index (χ0v) is 8.32. The lowest BCUT2D eigenvalue weighted by Gasteiger charge is -2.26. The van der Waals surface area contributed by atoms with Gasteiger partial charge < -0.3 is 5.11 Å². The Balaban J connectivity index is 4.22. The van der Waals surface area contributed by atoms with Gasteiger partial charge in [-0.25, -0.2) is 0 Å². The van der Waals surface area contributed by atoms with E-state index in [4.69, 9.17) is 10.4 Å². The van der Waals surface area contributed by atoms with Crippen LogP contribution in [0.3, 0.4) is 0 Å². The van der Waals surface area contributed by atoms with Crippen LogP contribution in [0.25, 0.3) is 0 Å². The molecule has 0 aromatic carbocycles. The average molecular weight is 184 g/mol. The maximum atomic E-state index is 10.8. The molecule has 1 N–H and O–H groups in total. The van der Waals surface area contributed by atoms with Crippen LogP contribution in [0.5, 0.6) is 0 Å². The number of nitriles is 1. The summed E-state index contributed by atoms with van der Waals surface area (Å²) >= 11 is 0. The standard InChI is InChI=1S/C9H16N2O2/c1-7(2)8(9(12)13)11(3)6-4-5-10/h7-8H,4,6H2,1-3H3,(H,12,13). The molecule has 0 fully saturated rings. The number of hydrogen-bond donors (Lipinski definition) is 1. The predicted molar refractivity (Wildman–Crippen MR) is 49.1 cm³/mol. The fourth-order valence-corrected chi connectivity index (χ4v) is 1.35. The lowest BCUT2D eigenvalue weighted by molar-refractivity contribution is -0.144. The van der Waals surface area contributed by atoms with Crippen molar-refractivity contribution in [1.29, 1.82) is 5.26 Å². The monoisotopic (exact) mass is 184 g/mol. The minimum atomic E-state index is -0.824. The zero-order chi connectivity index (χ0) is 10.4. The summed E-state index contributed by atoms with van der Waals surface area (Å²) in [5.74, 6) is -0.767. The Morgan fingerprint density at radius 1 is 1.62 bits per heavy atom. The summed E-state index contributed by atoms with van der Waals surface area (Å²) in [6.45, 7) is 4.23. The molecule has 0 aromatic heterocycles. The minimum Gasteiger partial charge on any atom is -0.480 e.